The molecule has 0 spiro atoms. The third-order valence-electron chi connectivity index (χ3n) is 6.87. The van der Waals surface area contributed by atoms with Crippen LogP contribution < -0.4 is 26.4 Å². The van der Waals surface area contributed by atoms with Gasteiger partial charge in [-0.1, -0.05) is 26.0 Å². The molecular formula is C26H41F2N5O8S. The van der Waals surface area contributed by atoms with E-state index >= 15 is 8.78 Å². The van der Waals surface area contributed by atoms with Gasteiger partial charge in [-0.3, -0.25) is 19.3 Å². The van der Waals surface area contributed by atoms with Crippen molar-refractivity contribution in [3.8, 4) is 5.75 Å². The topological polar surface area (TPSA) is 189 Å². The van der Waals surface area contributed by atoms with E-state index < -0.39 is 63.6 Å². The lowest BCUT2D eigenvalue weighted by atomic mass is 9.93. The molecule has 2 rings (SSSR count). The normalized spacial score (nSPS) is 18.4. The van der Waals surface area contributed by atoms with E-state index in [1.807, 2.05) is 0 Å². The van der Waals surface area contributed by atoms with Gasteiger partial charge in [0.1, 0.15) is 23.9 Å². The van der Waals surface area contributed by atoms with Gasteiger partial charge in [0.15, 0.2) is 9.84 Å². The molecule has 238 valence electrons. The van der Waals surface area contributed by atoms with Gasteiger partial charge in [-0.25, -0.2) is 8.42 Å². The molecule has 0 bridgehead atoms. The first-order valence-corrected chi connectivity index (χ1v) is 15.2. The molecule has 3 amide bonds. The summed E-state index contributed by atoms with van der Waals surface area (Å²) < 4.78 is 63.3. The van der Waals surface area contributed by atoms with Gasteiger partial charge in [-0.15, -0.1) is 0 Å². The summed E-state index contributed by atoms with van der Waals surface area (Å²) in [5, 5.41) is 17.6. The molecule has 1 aliphatic rings. The molecule has 1 aromatic rings. The maximum Gasteiger partial charge on any atom is 0.351 e. The monoisotopic (exact) mass is 621 g/mol. The molecule has 4 atom stereocenters. The molecule has 1 saturated heterocycles. The number of hydrogen-bond acceptors (Lipinski definition) is 10. The fraction of sp³-hybridized carbons (Fsp3) is 0.654. The van der Waals surface area contributed by atoms with Crippen molar-refractivity contribution in [2.24, 2.45) is 11.7 Å². The second-order valence-corrected chi connectivity index (χ2v) is 12.7. The number of nitrogens with one attached hydrogen (secondary N) is 3. The van der Waals surface area contributed by atoms with Crippen molar-refractivity contribution in [2.45, 2.75) is 44.0 Å². The van der Waals surface area contributed by atoms with E-state index in [0.29, 0.717) is 5.75 Å². The molecule has 0 aromatic heterocycles. The Hall–Kier alpha value is -2.92. The van der Waals surface area contributed by atoms with Gasteiger partial charge in [-0.05, 0) is 23.6 Å². The molecule has 1 aromatic carbocycles. The Balaban J connectivity index is 2.15. The number of carbonyl (C=O) groups is 3. The summed E-state index contributed by atoms with van der Waals surface area (Å²) in [4.78, 5) is 40.1. The molecule has 0 aliphatic carbocycles. The molecule has 0 radical (unpaired) electrons. The minimum Gasteiger partial charge on any atom is -0.497 e. The first-order chi connectivity index (χ1) is 19.6. The van der Waals surface area contributed by atoms with E-state index in [1.54, 1.807) is 4.90 Å². The van der Waals surface area contributed by atoms with Crippen LogP contribution >= 0.6 is 0 Å². The summed E-state index contributed by atoms with van der Waals surface area (Å²) in [6.07, 6.45) is -2.62. The predicted octanol–water partition coefficient (Wildman–Crippen LogP) is -1.19. The first kappa shape index (κ1) is 35.3. The third kappa shape index (κ3) is 9.83. The van der Waals surface area contributed by atoms with Crippen molar-refractivity contribution >= 4 is 27.6 Å². The van der Waals surface area contributed by atoms with Crippen molar-refractivity contribution in [3.05, 3.63) is 29.8 Å². The van der Waals surface area contributed by atoms with E-state index in [0.717, 1.165) is 0 Å². The lowest BCUT2D eigenvalue weighted by Crippen LogP contribution is -2.60. The zero-order valence-electron chi connectivity index (χ0n) is 24.1. The predicted molar refractivity (Wildman–Crippen MR) is 150 cm³/mol. The number of ether oxygens (including phenoxy) is 2. The molecule has 0 saturated carbocycles. The number of aliphatic hydroxyl groups is 1. The lowest BCUT2D eigenvalue weighted by Gasteiger charge is -2.33. The second kappa shape index (κ2) is 15.5. The molecule has 4 unspecified atom stereocenters. The Morgan fingerprint density at radius 2 is 1.67 bits per heavy atom. The minimum absolute atomic E-state index is 0.0537. The highest BCUT2D eigenvalue weighted by atomic mass is 32.2. The van der Waals surface area contributed by atoms with Crippen molar-refractivity contribution in [2.75, 3.05) is 58.5 Å². The lowest BCUT2D eigenvalue weighted by molar-refractivity contribution is -0.169. The summed E-state index contributed by atoms with van der Waals surface area (Å²) in [7, 11) is -0.338. The molecule has 1 fully saturated rings. The van der Waals surface area contributed by atoms with Crippen LogP contribution in [0.2, 0.25) is 0 Å². The van der Waals surface area contributed by atoms with E-state index in [2.05, 4.69) is 16.0 Å². The number of nitrogens with two attached hydrogens (primary N) is 1. The van der Waals surface area contributed by atoms with Gasteiger partial charge < -0.3 is 36.3 Å². The van der Waals surface area contributed by atoms with Crippen LogP contribution in [0.5, 0.6) is 5.75 Å². The Morgan fingerprint density at radius 1 is 1.07 bits per heavy atom. The molecule has 16 heteroatoms. The summed E-state index contributed by atoms with van der Waals surface area (Å²) in [5.41, 5.74) is 6.06. The number of alkyl halides is 2. The first-order valence-electron chi connectivity index (χ1n) is 13.4. The third-order valence-corrected chi connectivity index (χ3v) is 8.48. The minimum atomic E-state index is -4.30. The number of methoxy groups -OCH3 is 2. The van der Waals surface area contributed by atoms with E-state index in [-0.39, 0.29) is 49.9 Å². The maximum atomic E-state index is 15.1. The van der Waals surface area contributed by atoms with Gasteiger partial charge in [0.2, 0.25) is 11.8 Å². The molecular weight excluding hydrogens is 580 g/mol. The van der Waals surface area contributed by atoms with Crippen LogP contribution in [0.3, 0.4) is 0 Å². The summed E-state index contributed by atoms with van der Waals surface area (Å²) in [6, 6.07) is 1.93. The van der Waals surface area contributed by atoms with Gasteiger partial charge in [0, 0.05) is 33.3 Å². The zero-order chi connectivity index (χ0) is 31.7. The molecule has 1 heterocycles. The number of aliphatic hydroxyl groups excluding tert-OH is 1. The van der Waals surface area contributed by atoms with Gasteiger partial charge in [-0.2, -0.15) is 8.78 Å². The highest BCUT2D eigenvalue weighted by Crippen LogP contribution is 2.26. The quantitative estimate of drug-likeness (QED) is 0.159. The van der Waals surface area contributed by atoms with Crippen LogP contribution in [0.4, 0.5) is 8.78 Å². The van der Waals surface area contributed by atoms with Crippen molar-refractivity contribution < 1.29 is 46.2 Å². The average Bonchev–Trinajstić information content (AvgIpc) is 2.94. The highest BCUT2D eigenvalue weighted by Gasteiger charge is 2.51. The highest BCUT2D eigenvalue weighted by molar-refractivity contribution is 7.91. The van der Waals surface area contributed by atoms with Gasteiger partial charge >= 0.3 is 5.92 Å². The largest absolute Gasteiger partial charge is 0.497 e. The second-order valence-electron chi connectivity index (χ2n) is 10.4. The number of sulfone groups is 1. The molecule has 13 nitrogen and oxygen atoms in total. The van der Waals surface area contributed by atoms with Gasteiger partial charge in [0.25, 0.3) is 5.91 Å². The summed E-state index contributed by atoms with van der Waals surface area (Å²) in [5.74, 6) is -8.12. The fourth-order valence-electron chi connectivity index (χ4n) is 4.24. The van der Waals surface area contributed by atoms with E-state index in [1.165, 1.54) is 52.3 Å². The van der Waals surface area contributed by atoms with Crippen LogP contribution in [0, 0.1) is 5.92 Å². The average molecular weight is 622 g/mol. The molecule has 6 N–H and O–H groups in total. The molecule has 1 aliphatic heterocycles. The number of benzene rings is 1. The van der Waals surface area contributed by atoms with Crippen molar-refractivity contribution in [3.63, 3.8) is 0 Å². The van der Waals surface area contributed by atoms with Crippen molar-refractivity contribution in [1.29, 1.82) is 0 Å². The number of hydrogen-bond donors (Lipinski definition) is 5. The van der Waals surface area contributed by atoms with Crippen LogP contribution in [-0.4, -0.2) is 119 Å². The summed E-state index contributed by atoms with van der Waals surface area (Å²) in [6.45, 7) is 3.19. The SMILES string of the molecule is COCC(N)C(=O)NC(C(=O)NC(C(C)C)C(O)C(F)(F)C(=O)NCCN1CCS(=O)(=O)CC1)c1ccc(OC)cc1. The van der Waals surface area contributed by atoms with Crippen molar-refractivity contribution in [1.82, 2.24) is 20.9 Å². The van der Waals surface area contributed by atoms with E-state index in [9.17, 15) is 27.9 Å². The molecule has 42 heavy (non-hydrogen) atoms. The Labute approximate surface area is 244 Å². The number of halogens is 2. The van der Waals surface area contributed by atoms with Crippen LogP contribution in [0.15, 0.2) is 24.3 Å². The fourth-order valence-corrected chi connectivity index (χ4v) is 5.51. The zero-order valence-corrected chi connectivity index (χ0v) is 25.0. The standard InChI is InChI=1S/C26H41F2N5O8S/c1-16(2)20(22(34)26(27,28)25(37)30-9-10-33-11-13-42(38,39)14-12-33)31-24(36)21(32-23(35)19(29)15-40-3)17-5-7-18(41-4)8-6-17/h5-8,16,19-22,34H,9-15,29H2,1-4H3,(H,30,37)(H,31,36)(H,32,35). The van der Waals surface area contributed by atoms with Crippen LogP contribution in [0.25, 0.3) is 0 Å². The number of rotatable bonds is 15. The number of amides is 3. The maximum absolute atomic E-state index is 15.1. The Bertz CT molecular complexity index is 1160. The summed E-state index contributed by atoms with van der Waals surface area (Å²) >= 11 is 0. The number of carbonyl (C=O) groups excluding carboxylic acids is 3. The Morgan fingerprint density at radius 3 is 2.19 bits per heavy atom. The Kier molecular flexibility index (Phi) is 13.0. The number of nitrogens with zero attached hydrogens (tertiary/aromatic N) is 1. The van der Waals surface area contributed by atoms with Crippen LogP contribution in [0.1, 0.15) is 25.5 Å². The smallest absolute Gasteiger partial charge is 0.351 e. The van der Waals surface area contributed by atoms with Crippen LogP contribution in [-0.2, 0) is 29.0 Å². The van der Waals surface area contributed by atoms with Gasteiger partial charge in [0.05, 0.1) is 31.3 Å². The van der Waals surface area contributed by atoms with E-state index in [4.69, 9.17) is 15.2 Å².